The second-order valence-corrected chi connectivity index (χ2v) is 11.1. The predicted octanol–water partition coefficient (Wildman–Crippen LogP) is 3.77. The van der Waals surface area contributed by atoms with Gasteiger partial charge in [-0.3, -0.25) is 24.0 Å². The molecule has 0 aliphatic heterocycles. The lowest BCUT2D eigenvalue weighted by Crippen LogP contribution is -2.53. The number of non-ortho nitro benzene ring substituents is 1. The quantitative estimate of drug-likeness (QED) is 0.269. The Morgan fingerprint density at radius 3 is 2.00 bits per heavy atom. The second kappa shape index (κ2) is 13.0. The van der Waals surface area contributed by atoms with Crippen molar-refractivity contribution in [3.8, 4) is 0 Å². The lowest BCUT2D eigenvalue weighted by Gasteiger charge is -2.32. The highest BCUT2D eigenvalue weighted by molar-refractivity contribution is 7.92. The van der Waals surface area contributed by atoms with E-state index in [9.17, 15) is 28.1 Å². The van der Waals surface area contributed by atoms with Crippen molar-refractivity contribution in [3.63, 3.8) is 0 Å². The fourth-order valence-electron chi connectivity index (χ4n) is 3.96. The number of nitro groups is 1. The zero-order valence-electron chi connectivity index (χ0n) is 22.1. The number of carbonyl (C=O) groups is 2. The summed E-state index contributed by atoms with van der Waals surface area (Å²) in [5.74, 6) is -0.950. The number of hydrogen-bond acceptors (Lipinski definition) is 6. The van der Waals surface area contributed by atoms with Gasteiger partial charge in [-0.15, -0.1) is 0 Å². The SMILES string of the molecule is CC(C)NC(=O)[C@H](C)N(CCc1ccccc1)C(=O)CN(c1ccc([N+](=O)[O-])cc1)S(=O)(=O)c1ccccc1. The molecule has 0 aliphatic carbocycles. The molecule has 1 atom stereocenters. The first-order valence-electron chi connectivity index (χ1n) is 12.5. The molecule has 0 unspecified atom stereocenters. The van der Waals surface area contributed by atoms with Crippen molar-refractivity contribution < 1.29 is 22.9 Å². The molecule has 2 amide bonds. The molecular weight excluding hydrogens is 520 g/mol. The maximum Gasteiger partial charge on any atom is 0.269 e. The summed E-state index contributed by atoms with van der Waals surface area (Å²) in [6.45, 7) is 4.79. The molecule has 0 heterocycles. The molecule has 0 fully saturated rings. The summed E-state index contributed by atoms with van der Waals surface area (Å²) in [5.41, 5.74) is 0.821. The molecule has 0 aliphatic rings. The van der Waals surface area contributed by atoms with Gasteiger partial charge < -0.3 is 10.2 Å². The van der Waals surface area contributed by atoms with Crippen LogP contribution in [0.2, 0.25) is 0 Å². The molecule has 1 N–H and O–H groups in total. The van der Waals surface area contributed by atoms with Crippen LogP contribution in [0, 0.1) is 10.1 Å². The van der Waals surface area contributed by atoms with Gasteiger partial charge in [0.15, 0.2) is 0 Å². The van der Waals surface area contributed by atoms with Gasteiger partial charge in [0.2, 0.25) is 11.8 Å². The Morgan fingerprint density at radius 1 is 0.897 bits per heavy atom. The average Bonchev–Trinajstić information content (AvgIpc) is 2.92. The van der Waals surface area contributed by atoms with Crippen LogP contribution >= 0.6 is 0 Å². The van der Waals surface area contributed by atoms with Crippen LogP contribution in [0.25, 0.3) is 0 Å². The van der Waals surface area contributed by atoms with E-state index in [1.54, 1.807) is 25.1 Å². The lowest BCUT2D eigenvalue weighted by molar-refractivity contribution is -0.384. The van der Waals surface area contributed by atoms with Crippen LogP contribution in [-0.2, 0) is 26.0 Å². The third-order valence-electron chi connectivity index (χ3n) is 6.04. The molecule has 0 bridgehead atoms. The van der Waals surface area contributed by atoms with E-state index in [2.05, 4.69) is 5.32 Å². The molecule has 3 rings (SSSR count). The zero-order chi connectivity index (χ0) is 28.6. The normalized spacial score (nSPS) is 12.0. The molecule has 3 aromatic rings. The Hall–Kier alpha value is -4.25. The largest absolute Gasteiger partial charge is 0.352 e. The summed E-state index contributed by atoms with van der Waals surface area (Å²) in [7, 11) is -4.23. The average molecular weight is 553 g/mol. The highest BCUT2D eigenvalue weighted by Gasteiger charge is 2.32. The van der Waals surface area contributed by atoms with Crippen LogP contribution in [0.4, 0.5) is 11.4 Å². The Kier molecular flexibility index (Phi) is 9.78. The highest BCUT2D eigenvalue weighted by atomic mass is 32.2. The molecule has 39 heavy (non-hydrogen) atoms. The van der Waals surface area contributed by atoms with Crippen LogP contribution in [0.5, 0.6) is 0 Å². The molecule has 10 nitrogen and oxygen atoms in total. The summed E-state index contributed by atoms with van der Waals surface area (Å²) in [5, 5.41) is 14.0. The highest BCUT2D eigenvalue weighted by Crippen LogP contribution is 2.26. The Balaban J connectivity index is 1.98. The van der Waals surface area contributed by atoms with Crippen molar-refractivity contribution in [3.05, 3.63) is 101 Å². The van der Waals surface area contributed by atoms with E-state index in [1.165, 1.54) is 41.3 Å². The standard InChI is InChI=1S/C28H32N4O6S/c1-21(2)29-28(34)22(3)30(19-18-23-10-6-4-7-11-23)27(33)20-31(24-14-16-25(17-15-24)32(35)36)39(37,38)26-12-8-5-9-13-26/h4-17,21-22H,18-20H2,1-3H3,(H,29,34)/t22-/m0/s1. The molecule has 3 aromatic carbocycles. The lowest BCUT2D eigenvalue weighted by atomic mass is 10.1. The van der Waals surface area contributed by atoms with Crippen molar-refractivity contribution in [2.75, 3.05) is 17.4 Å². The zero-order valence-corrected chi connectivity index (χ0v) is 22.9. The van der Waals surface area contributed by atoms with Gasteiger partial charge in [-0.05, 0) is 57.0 Å². The van der Waals surface area contributed by atoms with E-state index >= 15 is 0 Å². The van der Waals surface area contributed by atoms with Crippen molar-refractivity contribution in [1.29, 1.82) is 0 Å². The van der Waals surface area contributed by atoms with Gasteiger partial charge in [0.05, 0.1) is 15.5 Å². The number of sulfonamides is 1. The molecule has 0 saturated heterocycles. The first-order valence-corrected chi connectivity index (χ1v) is 13.9. The third-order valence-corrected chi connectivity index (χ3v) is 7.83. The van der Waals surface area contributed by atoms with Crippen LogP contribution < -0.4 is 9.62 Å². The van der Waals surface area contributed by atoms with Gasteiger partial charge in [-0.1, -0.05) is 48.5 Å². The molecule has 206 valence electrons. The summed E-state index contributed by atoms with van der Waals surface area (Å²) >= 11 is 0. The van der Waals surface area contributed by atoms with E-state index in [-0.39, 0.29) is 34.8 Å². The minimum atomic E-state index is -4.23. The number of benzene rings is 3. The molecule has 0 spiro atoms. The maximum atomic E-state index is 13.8. The smallest absolute Gasteiger partial charge is 0.269 e. The Bertz CT molecular complexity index is 1380. The summed E-state index contributed by atoms with van der Waals surface area (Å²) in [6, 6.07) is 21.0. The predicted molar refractivity (Wildman–Crippen MR) is 149 cm³/mol. The summed E-state index contributed by atoms with van der Waals surface area (Å²) in [4.78, 5) is 38.5. The maximum absolute atomic E-state index is 13.8. The monoisotopic (exact) mass is 552 g/mol. The number of nitrogens with one attached hydrogen (secondary N) is 1. The van der Waals surface area contributed by atoms with Crippen molar-refractivity contribution >= 4 is 33.2 Å². The van der Waals surface area contributed by atoms with Gasteiger partial charge in [-0.25, -0.2) is 8.42 Å². The van der Waals surface area contributed by atoms with Gasteiger partial charge in [0, 0.05) is 24.7 Å². The fraction of sp³-hybridized carbons (Fsp3) is 0.286. The Labute approximate surface area is 228 Å². The van der Waals surface area contributed by atoms with Gasteiger partial charge >= 0.3 is 0 Å². The van der Waals surface area contributed by atoms with Crippen molar-refractivity contribution in [2.45, 2.75) is 44.2 Å². The van der Waals surface area contributed by atoms with E-state index in [4.69, 9.17) is 0 Å². The summed E-state index contributed by atoms with van der Waals surface area (Å²) in [6.07, 6.45) is 0.453. The first kappa shape index (κ1) is 29.3. The van der Waals surface area contributed by atoms with Gasteiger partial charge in [0.1, 0.15) is 12.6 Å². The number of carbonyl (C=O) groups excluding carboxylic acids is 2. The number of hydrogen-bond donors (Lipinski definition) is 1. The van der Waals surface area contributed by atoms with Crippen LogP contribution in [0.3, 0.4) is 0 Å². The Morgan fingerprint density at radius 2 is 1.46 bits per heavy atom. The van der Waals surface area contributed by atoms with E-state index in [0.717, 1.165) is 9.87 Å². The van der Waals surface area contributed by atoms with Crippen LogP contribution in [0.15, 0.2) is 89.8 Å². The van der Waals surface area contributed by atoms with Crippen LogP contribution in [0.1, 0.15) is 26.3 Å². The van der Waals surface area contributed by atoms with Crippen molar-refractivity contribution in [1.82, 2.24) is 10.2 Å². The number of nitrogens with zero attached hydrogens (tertiary/aromatic N) is 3. The minimum Gasteiger partial charge on any atom is -0.352 e. The van der Waals surface area contributed by atoms with E-state index in [0.29, 0.717) is 6.42 Å². The molecule has 0 aromatic heterocycles. The fourth-order valence-corrected chi connectivity index (χ4v) is 5.40. The molecule has 0 saturated carbocycles. The number of amides is 2. The second-order valence-electron chi connectivity index (χ2n) is 9.26. The van der Waals surface area contributed by atoms with E-state index in [1.807, 2.05) is 44.2 Å². The molecule has 11 heteroatoms. The molecular formula is C28H32N4O6S. The van der Waals surface area contributed by atoms with Gasteiger partial charge in [0.25, 0.3) is 15.7 Å². The van der Waals surface area contributed by atoms with Crippen LogP contribution in [-0.4, -0.2) is 55.2 Å². The first-order chi connectivity index (χ1) is 18.5. The minimum absolute atomic E-state index is 0.0439. The number of nitro benzene ring substituents is 1. The number of anilines is 1. The van der Waals surface area contributed by atoms with Gasteiger partial charge in [-0.2, -0.15) is 0 Å². The van der Waals surface area contributed by atoms with E-state index < -0.39 is 33.4 Å². The number of rotatable bonds is 12. The van der Waals surface area contributed by atoms with Crippen molar-refractivity contribution in [2.24, 2.45) is 0 Å². The summed E-state index contributed by atoms with van der Waals surface area (Å²) < 4.78 is 28.3. The third kappa shape index (κ3) is 7.64. The molecule has 0 radical (unpaired) electrons. The topological polar surface area (TPSA) is 130 Å².